The van der Waals surface area contributed by atoms with Crippen molar-refractivity contribution in [1.82, 2.24) is 9.88 Å². The number of thioether (sulfide) groups is 1. The average Bonchev–Trinajstić information content (AvgIpc) is 3.00. The van der Waals surface area contributed by atoms with Gasteiger partial charge in [-0.2, -0.15) is 0 Å². The summed E-state index contributed by atoms with van der Waals surface area (Å²) in [6.07, 6.45) is 3.47. The van der Waals surface area contributed by atoms with Crippen molar-refractivity contribution >= 4 is 46.7 Å². The Morgan fingerprint density at radius 2 is 2.05 bits per heavy atom. The summed E-state index contributed by atoms with van der Waals surface area (Å²) in [5.74, 6) is 0.898. The first-order valence-electron chi connectivity index (χ1n) is 6.69. The monoisotopic (exact) mass is 353 g/mol. The molecular formula is C15H13Cl2N3OS. The first-order valence-corrected chi connectivity index (χ1v) is 8.50. The summed E-state index contributed by atoms with van der Waals surface area (Å²) in [5, 5.41) is 3.80. The van der Waals surface area contributed by atoms with Crippen LogP contribution in [-0.2, 0) is 0 Å². The molecule has 1 aliphatic rings. The molecule has 4 nitrogen and oxygen atoms in total. The van der Waals surface area contributed by atoms with Gasteiger partial charge in [-0.1, -0.05) is 23.2 Å². The van der Waals surface area contributed by atoms with E-state index in [0.29, 0.717) is 22.3 Å². The van der Waals surface area contributed by atoms with Crippen molar-refractivity contribution in [2.24, 2.45) is 0 Å². The fourth-order valence-electron chi connectivity index (χ4n) is 2.26. The summed E-state index contributed by atoms with van der Waals surface area (Å²) < 4.78 is 0. The van der Waals surface area contributed by atoms with Gasteiger partial charge in [0.15, 0.2) is 0 Å². The quantitative estimate of drug-likeness (QED) is 0.853. The number of aromatic nitrogens is 1. The lowest BCUT2D eigenvalue weighted by molar-refractivity contribution is 0.214. The molecule has 1 aromatic carbocycles. The number of pyridine rings is 1. The number of carbonyl (C=O) groups is 1. The summed E-state index contributed by atoms with van der Waals surface area (Å²) in [7, 11) is 0. The van der Waals surface area contributed by atoms with Crippen LogP contribution in [-0.4, -0.2) is 28.2 Å². The molecular weight excluding hydrogens is 341 g/mol. The standard InChI is InChI=1S/C15H13Cl2N3OS/c16-11-1-2-13(12(17)9-11)19-15(21)20-7-8-22-14(20)10-3-5-18-6-4-10/h1-6,9,14H,7-8H2,(H,19,21). The Labute approximate surface area is 142 Å². The predicted molar refractivity (Wildman–Crippen MR) is 91.6 cm³/mol. The minimum atomic E-state index is -0.170. The van der Waals surface area contributed by atoms with Crippen LogP contribution in [0.25, 0.3) is 0 Å². The molecule has 1 aromatic heterocycles. The molecule has 114 valence electrons. The molecule has 1 unspecified atom stereocenters. The maximum Gasteiger partial charge on any atom is 0.323 e. The molecule has 2 heterocycles. The molecule has 0 saturated carbocycles. The minimum absolute atomic E-state index is 0.00549. The fraction of sp³-hybridized carbons (Fsp3) is 0.200. The second-order valence-electron chi connectivity index (χ2n) is 4.75. The lowest BCUT2D eigenvalue weighted by Crippen LogP contribution is -2.34. The number of urea groups is 1. The fourth-order valence-corrected chi connectivity index (χ4v) is 3.97. The highest BCUT2D eigenvalue weighted by atomic mass is 35.5. The Bertz CT molecular complexity index is 684. The van der Waals surface area contributed by atoms with E-state index in [2.05, 4.69) is 10.3 Å². The highest BCUT2D eigenvalue weighted by Crippen LogP contribution is 2.38. The third-order valence-electron chi connectivity index (χ3n) is 3.32. The molecule has 0 aliphatic carbocycles. The van der Waals surface area contributed by atoms with E-state index in [0.717, 1.165) is 11.3 Å². The van der Waals surface area contributed by atoms with Crippen molar-refractivity contribution < 1.29 is 4.79 Å². The lowest BCUT2D eigenvalue weighted by atomic mass is 10.2. The highest BCUT2D eigenvalue weighted by molar-refractivity contribution is 7.99. The van der Waals surface area contributed by atoms with Crippen molar-refractivity contribution in [1.29, 1.82) is 0 Å². The maximum atomic E-state index is 12.5. The van der Waals surface area contributed by atoms with E-state index in [9.17, 15) is 4.79 Å². The first kappa shape index (κ1) is 15.5. The van der Waals surface area contributed by atoms with Gasteiger partial charge in [0.05, 0.1) is 10.7 Å². The van der Waals surface area contributed by atoms with Crippen molar-refractivity contribution in [3.05, 3.63) is 58.3 Å². The molecule has 0 bridgehead atoms. The molecule has 0 radical (unpaired) electrons. The van der Waals surface area contributed by atoms with Gasteiger partial charge in [-0.05, 0) is 35.9 Å². The van der Waals surface area contributed by atoms with Crippen molar-refractivity contribution in [3.63, 3.8) is 0 Å². The Morgan fingerprint density at radius 3 is 2.77 bits per heavy atom. The van der Waals surface area contributed by atoms with E-state index in [4.69, 9.17) is 23.2 Å². The lowest BCUT2D eigenvalue weighted by Gasteiger charge is -2.24. The molecule has 1 aliphatic heterocycles. The van der Waals surface area contributed by atoms with Crippen LogP contribution in [0, 0.1) is 0 Å². The molecule has 1 saturated heterocycles. The van der Waals surface area contributed by atoms with Gasteiger partial charge in [0.25, 0.3) is 0 Å². The van der Waals surface area contributed by atoms with E-state index >= 15 is 0 Å². The van der Waals surface area contributed by atoms with Gasteiger partial charge in [-0.15, -0.1) is 11.8 Å². The summed E-state index contributed by atoms with van der Waals surface area (Å²) >= 11 is 13.7. The number of benzene rings is 1. The van der Waals surface area contributed by atoms with Crippen molar-refractivity contribution in [2.75, 3.05) is 17.6 Å². The van der Waals surface area contributed by atoms with Crippen LogP contribution in [0.4, 0.5) is 10.5 Å². The van der Waals surface area contributed by atoms with E-state index in [1.165, 1.54) is 0 Å². The molecule has 0 spiro atoms. The van der Waals surface area contributed by atoms with E-state index < -0.39 is 0 Å². The molecule has 1 N–H and O–H groups in total. The summed E-state index contributed by atoms with van der Waals surface area (Å²) in [6.45, 7) is 0.689. The van der Waals surface area contributed by atoms with Gasteiger partial charge < -0.3 is 10.2 Å². The zero-order valence-corrected chi connectivity index (χ0v) is 13.8. The van der Waals surface area contributed by atoms with Gasteiger partial charge >= 0.3 is 6.03 Å². The number of nitrogens with zero attached hydrogens (tertiary/aromatic N) is 2. The number of anilines is 1. The Morgan fingerprint density at radius 1 is 1.27 bits per heavy atom. The van der Waals surface area contributed by atoms with Gasteiger partial charge in [0, 0.05) is 29.7 Å². The van der Waals surface area contributed by atoms with Gasteiger partial charge in [0.2, 0.25) is 0 Å². The number of rotatable bonds is 2. The zero-order valence-electron chi connectivity index (χ0n) is 11.5. The van der Waals surface area contributed by atoms with Crippen molar-refractivity contribution in [2.45, 2.75) is 5.37 Å². The third kappa shape index (κ3) is 3.32. The van der Waals surface area contributed by atoms with Crippen LogP contribution in [0.1, 0.15) is 10.9 Å². The molecule has 1 fully saturated rings. The van der Waals surface area contributed by atoms with Crippen LogP contribution in [0.3, 0.4) is 0 Å². The Hall–Kier alpha value is -1.43. The second-order valence-corrected chi connectivity index (χ2v) is 6.78. The molecule has 22 heavy (non-hydrogen) atoms. The minimum Gasteiger partial charge on any atom is -0.308 e. The first-order chi connectivity index (χ1) is 10.6. The third-order valence-corrected chi connectivity index (χ3v) is 5.12. The van der Waals surface area contributed by atoms with Gasteiger partial charge in [0.1, 0.15) is 5.37 Å². The normalized spacial score (nSPS) is 17.5. The maximum absolute atomic E-state index is 12.5. The van der Waals surface area contributed by atoms with Gasteiger partial charge in [-0.25, -0.2) is 4.79 Å². The topological polar surface area (TPSA) is 45.2 Å². The van der Waals surface area contributed by atoms with Crippen LogP contribution in [0.15, 0.2) is 42.7 Å². The van der Waals surface area contributed by atoms with Crippen LogP contribution in [0.5, 0.6) is 0 Å². The number of halogens is 2. The van der Waals surface area contributed by atoms with Crippen LogP contribution in [0.2, 0.25) is 10.0 Å². The molecule has 7 heteroatoms. The number of carbonyl (C=O) groups excluding carboxylic acids is 1. The van der Waals surface area contributed by atoms with E-state index in [1.807, 2.05) is 12.1 Å². The predicted octanol–water partition coefficient (Wildman–Crippen LogP) is 4.67. The SMILES string of the molecule is O=C(Nc1ccc(Cl)cc1Cl)N1CCSC1c1ccncc1. The number of hydrogen-bond donors (Lipinski definition) is 1. The smallest absolute Gasteiger partial charge is 0.308 e. The van der Waals surface area contributed by atoms with E-state index in [-0.39, 0.29) is 11.4 Å². The highest BCUT2D eigenvalue weighted by Gasteiger charge is 2.30. The van der Waals surface area contributed by atoms with Crippen LogP contribution < -0.4 is 5.32 Å². The zero-order chi connectivity index (χ0) is 15.5. The number of hydrogen-bond acceptors (Lipinski definition) is 3. The van der Waals surface area contributed by atoms with Gasteiger partial charge in [-0.3, -0.25) is 4.98 Å². The summed E-state index contributed by atoms with van der Waals surface area (Å²) in [5.41, 5.74) is 1.62. The van der Waals surface area contributed by atoms with Crippen molar-refractivity contribution in [3.8, 4) is 0 Å². The van der Waals surface area contributed by atoms with Crippen LogP contribution >= 0.6 is 35.0 Å². The Kier molecular flexibility index (Phi) is 4.76. The molecule has 2 amide bonds. The molecule has 1 atom stereocenters. The number of amides is 2. The molecule has 2 aromatic rings. The Balaban J connectivity index is 1.76. The number of nitrogens with one attached hydrogen (secondary N) is 1. The average molecular weight is 354 g/mol. The summed E-state index contributed by atoms with van der Waals surface area (Å²) in [6, 6.07) is 8.69. The summed E-state index contributed by atoms with van der Waals surface area (Å²) in [4.78, 5) is 18.3. The second kappa shape index (κ2) is 6.77. The molecule has 3 rings (SSSR count). The van der Waals surface area contributed by atoms with E-state index in [1.54, 1.807) is 47.3 Å². The largest absolute Gasteiger partial charge is 0.323 e.